The first-order valence-electron chi connectivity index (χ1n) is 6.55. The summed E-state index contributed by atoms with van der Waals surface area (Å²) in [5.41, 5.74) is 9.50. The number of aryl methyl sites for hydroxylation is 1. The molecule has 1 aliphatic rings. The van der Waals surface area contributed by atoms with Gasteiger partial charge in [0.05, 0.1) is 0 Å². The molecule has 16 heavy (non-hydrogen) atoms. The number of hydrogen-bond donors (Lipinski definition) is 1. The third-order valence-corrected chi connectivity index (χ3v) is 4.16. The zero-order valence-corrected chi connectivity index (χ0v) is 10.5. The lowest BCUT2D eigenvalue weighted by atomic mass is 9.69. The summed E-state index contributed by atoms with van der Waals surface area (Å²) >= 11 is 0. The van der Waals surface area contributed by atoms with Crippen molar-refractivity contribution in [3.8, 4) is 0 Å². The average molecular weight is 217 g/mol. The number of fused-ring (bicyclic) bond motifs is 1. The number of rotatable bonds is 3. The molecule has 1 aliphatic carbocycles. The van der Waals surface area contributed by atoms with Crippen LogP contribution >= 0.6 is 0 Å². The van der Waals surface area contributed by atoms with Crippen LogP contribution in [0.15, 0.2) is 24.3 Å². The molecule has 0 bridgehead atoms. The number of nitrogens with two attached hydrogens (primary N) is 1. The van der Waals surface area contributed by atoms with Gasteiger partial charge < -0.3 is 5.73 Å². The summed E-state index contributed by atoms with van der Waals surface area (Å²) in [5, 5.41) is 0. The normalized spacial score (nSPS) is 26.2. The molecule has 0 saturated carbocycles. The van der Waals surface area contributed by atoms with E-state index in [2.05, 4.69) is 38.1 Å². The first kappa shape index (κ1) is 11.7. The Hall–Kier alpha value is -0.820. The standard InChI is InChI=1S/C15H23N/c1-3-7-12(2)15(16)11-6-9-13-8-4-5-10-14(13)15/h4-5,8,10,12H,3,6-7,9,11,16H2,1-2H3. The van der Waals surface area contributed by atoms with Gasteiger partial charge in [-0.2, -0.15) is 0 Å². The third-order valence-electron chi connectivity index (χ3n) is 4.16. The minimum Gasteiger partial charge on any atom is -0.321 e. The fourth-order valence-corrected chi connectivity index (χ4v) is 3.10. The lowest BCUT2D eigenvalue weighted by molar-refractivity contribution is 0.240. The molecule has 0 heterocycles. The lowest BCUT2D eigenvalue weighted by Gasteiger charge is -2.40. The predicted molar refractivity (Wildman–Crippen MR) is 69.3 cm³/mol. The molecule has 0 amide bonds. The molecule has 2 atom stereocenters. The number of benzene rings is 1. The maximum atomic E-state index is 6.70. The van der Waals surface area contributed by atoms with Crippen molar-refractivity contribution >= 4 is 0 Å². The number of hydrogen-bond acceptors (Lipinski definition) is 1. The van der Waals surface area contributed by atoms with Gasteiger partial charge >= 0.3 is 0 Å². The molecule has 1 aromatic rings. The van der Waals surface area contributed by atoms with Crippen molar-refractivity contribution in [2.75, 3.05) is 0 Å². The summed E-state index contributed by atoms with van der Waals surface area (Å²) in [6.07, 6.45) is 6.04. The Kier molecular flexibility index (Phi) is 3.34. The van der Waals surface area contributed by atoms with Crippen molar-refractivity contribution in [1.29, 1.82) is 0 Å². The Bertz CT molecular complexity index is 358. The van der Waals surface area contributed by atoms with E-state index in [0.29, 0.717) is 5.92 Å². The fourth-order valence-electron chi connectivity index (χ4n) is 3.10. The summed E-state index contributed by atoms with van der Waals surface area (Å²) < 4.78 is 0. The van der Waals surface area contributed by atoms with Crippen LogP contribution in [0.4, 0.5) is 0 Å². The second kappa shape index (κ2) is 4.58. The van der Waals surface area contributed by atoms with Crippen LogP contribution in [0.2, 0.25) is 0 Å². The monoisotopic (exact) mass is 217 g/mol. The molecule has 2 unspecified atom stereocenters. The first-order valence-corrected chi connectivity index (χ1v) is 6.55. The van der Waals surface area contributed by atoms with Crippen LogP contribution in [0.1, 0.15) is 50.7 Å². The second-order valence-electron chi connectivity index (χ2n) is 5.24. The minimum absolute atomic E-state index is 0.0785. The average Bonchev–Trinajstić information content (AvgIpc) is 2.30. The van der Waals surface area contributed by atoms with Gasteiger partial charge in [-0.25, -0.2) is 0 Å². The Morgan fingerprint density at radius 2 is 2.12 bits per heavy atom. The summed E-state index contributed by atoms with van der Waals surface area (Å²) in [6, 6.07) is 8.74. The molecule has 0 radical (unpaired) electrons. The molecule has 2 rings (SSSR count). The van der Waals surface area contributed by atoms with Crippen LogP contribution in [0, 0.1) is 5.92 Å². The zero-order valence-electron chi connectivity index (χ0n) is 10.5. The van der Waals surface area contributed by atoms with Crippen molar-refractivity contribution < 1.29 is 0 Å². The van der Waals surface area contributed by atoms with Gasteiger partial charge in [0.1, 0.15) is 0 Å². The van der Waals surface area contributed by atoms with E-state index >= 15 is 0 Å². The SMILES string of the molecule is CCCC(C)C1(N)CCCc2ccccc21. The second-order valence-corrected chi connectivity index (χ2v) is 5.24. The van der Waals surface area contributed by atoms with E-state index in [9.17, 15) is 0 Å². The van der Waals surface area contributed by atoms with Crippen LogP contribution in [0.5, 0.6) is 0 Å². The molecular weight excluding hydrogens is 194 g/mol. The first-order chi connectivity index (χ1) is 7.68. The molecule has 0 aromatic heterocycles. The molecule has 1 aromatic carbocycles. The molecular formula is C15H23N. The van der Waals surface area contributed by atoms with E-state index in [4.69, 9.17) is 5.73 Å². The zero-order chi connectivity index (χ0) is 11.6. The Morgan fingerprint density at radius 1 is 1.38 bits per heavy atom. The van der Waals surface area contributed by atoms with Gasteiger partial charge in [-0.3, -0.25) is 0 Å². The van der Waals surface area contributed by atoms with E-state index in [0.717, 1.165) is 6.42 Å². The third kappa shape index (κ3) is 1.89. The van der Waals surface area contributed by atoms with Crippen molar-refractivity contribution in [3.05, 3.63) is 35.4 Å². The van der Waals surface area contributed by atoms with Crippen molar-refractivity contribution in [2.45, 2.75) is 51.5 Å². The Labute approximate surface area is 99.0 Å². The quantitative estimate of drug-likeness (QED) is 0.822. The molecule has 2 N–H and O–H groups in total. The Morgan fingerprint density at radius 3 is 2.88 bits per heavy atom. The van der Waals surface area contributed by atoms with Gasteiger partial charge in [-0.05, 0) is 42.7 Å². The molecule has 1 heteroatoms. The summed E-state index contributed by atoms with van der Waals surface area (Å²) in [5.74, 6) is 0.582. The Balaban J connectivity index is 2.36. The molecule has 0 spiro atoms. The predicted octanol–water partition coefficient (Wildman–Crippen LogP) is 3.61. The largest absolute Gasteiger partial charge is 0.321 e. The molecule has 0 saturated heterocycles. The highest BCUT2D eigenvalue weighted by molar-refractivity contribution is 5.36. The van der Waals surface area contributed by atoms with E-state index in [1.54, 1.807) is 0 Å². The van der Waals surface area contributed by atoms with Crippen molar-refractivity contribution in [3.63, 3.8) is 0 Å². The van der Waals surface area contributed by atoms with Gasteiger partial charge in [0.2, 0.25) is 0 Å². The van der Waals surface area contributed by atoms with Crippen LogP contribution < -0.4 is 5.73 Å². The topological polar surface area (TPSA) is 26.0 Å². The van der Waals surface area contributed by atoms with E-state index in [-0.39, 0.29) is 5.54 Å². The summed E-state index contributed by atoms with van der Waals surface area (Å²) in [4.78, 5) is 0. The van der Waals surface area contributed by atoms with Crippen LogP contribution in [-0.2, 0) is 12.0 Å². The van der Waals surface area contributed by atoms with Crippen molar-refractivity contribution in [2.24, 2.45) is 11.7 Å². The van der Waals surface area contributed by atoms with E-state index < -0.39 is 0 Å². The van der Waals surface area contributed by atoms with E-state index in [1.165, 1.54) is 36.8 Å². The molecule has 1 nitrogen and oxygen atoms in total. The van der Waals surface area contributed by atoms with Crippen LogP contribution in [-0.4, -0.2) is 0 Å². The molecule has 0 aliphatic heterocycles. The highest BCUT2D eigenvalue weighted by Gasteiger charge is 2.36. The van der Waals surface area contributed by atoms with Gasteiger partial charge in [0, 0.05) is 5.54 Å². The smallest absolute Gasteiger partial charge is 0.0438 e. The lowest BCUT2D eigenvalue weighted by Crippen LogP contribution is -2.45. The molecule has 88 valence electrons. The highest BCUT2D eigenvalue weighted by Crippen LogP contribution is 2.40. The van der Waals surface area contributed by atoms with Gasteiger partial charge in [0.25, 0.3) is 0 Å². The van der Waals surface area contributed by atoms with Gasteiger partial charge in [-0.15, -0.1) is 0 Å². The summed E-state index contributed by atoms with van der Waals surface area (Å²) in [7, 11) is 0. The summed E-state index contributed by atoms with van der Waals surface area (Å²) in [6.45, 7) is 4.56. The maximum absolute atomic E-state index is 6.70. The maximum Gasteiger partial charge on any atom is 0.0438 e. The highest BCUT2D eigenvalue weighted by atomic mass is 14.8. The van der Waals surface area contributed by atoms with Crippen molar-refractivity contribution in [1.82, 2.24) is 0 Å². The molecule has 0 fully saturated rings. The van der Waals surface area contributed by atoms with E-state index in [1.807, 2.05) is 0 Å². The minimum atomic E-state index is -0.0785. The van der Waals surface area contributed by atoms with Crippen LogP contribution in [0.3, 0.4) is 0 Å². The van der Waals surface area contributed by atoms with Crippen LogP contribution in [0.25, 0.3) is 0 Å². The fraction of sp³-hybridized carbons (Fsp3) is 0.600. The van der Waals surface area contributed by atoms with Gasteiger partial charge in [-0.1, -0.05) is 44.5 Å². The van der Waals surface area contributed by atoms with Gasteiger partial charge in [0.15, 0.2) is 0 Å².